The van der Waals surface area contributed by atoms with Gasteiger partial charge in [-0.1, -0.05) is 0 Å². The zero-order valence-electron chi connectivity index (χ0n) is 18.5. The van der Waals surface area contributed by atoms with E-state index < -0.39 is 23.3 Å². The van der Waals surface area contributed by atoms with Crippen molar-refractivity contribution in [2.24, 2.45) is 5.73 Å². The number of ether oxygens (including phenoxy) is 1. The maximum absolute atomic E-state index is 12.6. The molecular weight excluding hydrogens is 432 g/mol. The Kier molecular flexibility index (Phi) is 6.23. The highest BCUT2D eigenvalue weighted by Gasteiger charge is 2.50. The van der Waals surface area contributed by atoms with E-state index in [1.165, 1.54) is 0 Å². The van der Waals surface area contributed by atoms with Gasteiger partial charge in [-0.05, 0) is 38.2 Å². The van der Waals surface area contributed by atoms with Crippen molar-refractivity contribution in [2.45, 2.75) is 55.9 Å². The van der Waals surface area contributed by atoms with E-state index in [2.05, 4.69) is 15.0 Å². The molecule has 7 N–H and O–H groups in total. The minimum atomic E-state index is -1.08. The summed E-state index contributed by atoms with van der Waals surface area (Å²) in [6.45, 7) is 3.22. The third kappa shape index (κ3) is 4.24. The van der Waals surface area contributed by atoms with Crippen molar-refractivity contribution in [3.8, 4) is 0 Å². The molecule has 2 aromatic rings. The van der Waals surface area contributed by atoms with Crippen LogP contribution in [0.15, 0.2) is 6.33 Å². The highest BCUT2D eigenvalue weighted by atomic mass is 32.2. The van der Waals surface area contributed by atoms with E-state index >= 15 is 0 Å². The molecule has 0 bridgehead atoms. The van der Waals surface area contributed by atoms with Gasteiger partial charge in [-0.15, -0.1) is 0 Å². The average Bonchev–Trinajstić information content (AvgIpc) is 3.15. The molecule has 0 aliphatic carbocycles. The quantitative estimate of drug-likeness (QED) is 0.477. The van der Waals surface area contributed by atoms with Gasteiger partial charge in [-0.25, -0.2) is 4.98 Å². The van der Waals surface area contributed by atoms with E-state index in [0.717, 1.165) is 5.75 Å². The summed E-state index contributed by atoms with van der Waals surface area (Å²) in [5.74, 6) is 1.11. The molecule has 0 aromatic carbocycles. The third-order valence-corrected chi connectivity index (χ3v) is 7.33. The van der Waals surface area contributed by atoms with Gasteiger partial charge in [0.25, 0.3) is 0 Å². The molecule has 2 aromatic heterocycles. The number of nitrogen functional groups attached to an aromatic ring is 2. The fourth-order valence-corrected chi connectivity index (χ4v) is 5.37. The molecule has 1 spiro atoms. The molecule has 0 saturated carbocycles. The lowest BCUT2D eigenvalue weighted by Crippen LogP contribution is -2.59. The SMILES string of the molecule is CSCC[C@H](N)C(=O)N1CCC2(CC1)C[C@@](C)(O)[C@H](n1cnc3c(N)nc(N)nc31)CO2. The van der Waals surface area contributed by atoms with Crippen LogP contribution in [-0.2, 0) is 9.53 Å². The number of carbonyl (C=O) groups is 1. The van der Waals surface area contributed by atoms with Gasteiger partial charge in [0, 0.05) is 19.5 Å². The van der Waals surface area contributed by atoms with E-state index in [-0.39, 0.29) is 24.3 Å². The molecular formula is C20H32N8O3S. The highest BCUT2D eigenvalue weighted by Crippen LogP contribution is 2.44. The van der Waals surface area contributed by atoms with E-state index in [4.69, 9.17) is 21.9 Å². The van der Waals surface area contributed by atoms with E-state index in [1.54, 1.807) is 29.6 Å². The zero-order valence-corrected chi connectivity index (χ0v) is 19.3. The number of aliphatic hydroxyl groups is 1. The monoisotopic (exact) mass is 464 g/mol. The molecule has 32 heavy (non-hydrogen) atoms. The number of rotatable bonds is 5. The predicted molar refractivity (Wildman–Crippen MR) is 124 cm³/mol. The van der Waals surface area contributed by atoms with Gasteiger partial charge in [0.05, 0.1) is 36.2 Å². The van der Waals surface area contributed by atoms with Crippen molar-refractivity contribution >= 4 is 40.6 Å². The number of piperidine rings is 1. The number of amides is 1. The molecule has 11 nitrogen and oxygen atoms in total. The van der Waals surface area contributed by atoms with Crippen LogP contribution in [0, 0.1) is 0 Å². The summed E-state index contributed by atoms with van der Waals surface area (Å²) in [5.41, 5.74) is 17.1. The molecule has 2 aliphatic heterocycles. The van der Waals surface area contributed by atoms with Gasteiger partial charge >= 0.3 is 0 Å². The third-order valence-electron chi connectivity index (χ3n) is 6.68. The van der Waals surface area contributed by atoms with Crippen LogP contribution in [0.1, 0.15) is 38.6 Å². The zero-order chi connectivity index (χ0) is 23.1. The molecule has 1 amide bonds. The second-order valence-electron chi connectivity index (χ2n) is 9.05. The Hall–Kier alpha value is -2.15. The van der Waals surface area contributed by atoms with Crippen molar-refractivity contribution in [2.75, 3.05) is 43.2 Å². The van der Waals surface area contributed by atoms with Crippen LogP contribution in [0.4, 0.5) is 11.8 Å². The van der Waals surface area contributed by atoms with Gasteiger partial charge in [-0.2, -0.15) is 21.7 Å². The largest absolute Gasteiger partial charge is 0.388 e. The number of carbonyl (C=O) groups excluding carboxylic acids is 1. The summed E-state index contributed by atoms with van der Waals surface area (Å²) in [6.07, 6.45) is 6.01. The Bertz CT molecular complexity index is 989. The maximum Gasteiger partial charge on any atom is 0.239 e. The second-order valence-corrected chi connectivity index (χ2v) is 10.0. The Morgan fingerprint density at radius 1 is 1.38 bits per heavy atom. The summed E-state index contributed by atoms with van der Waals surface area (Å²) in [4.78, 5) is 27.0. The molecule has 0 unspecified atom stereocenters. The standard InChI is InChI=1S/C20H32N8O3S/c1-19(30)10-20(4-6-27(7-5-20)17(29)12(21)3-8-32-2)31-9-13(19)28-11-24-14-15(22)25-18(23)26-16(14)28/h11-13,30H,3-10,21H2,1-2H3,(H4,22,23,25,26)/t12-,13+,19+/m0/s1. The number of likely N-dealkylation sites (tertiary alicyclic amines) is 1. The topological polar surface area (TPSA) is 171 Å². The number of aromatic nitrogens is 4. The number of imidazole rings is 1. The maximum atomic E-state index is 12.6. The van der Waals surface area contributed by atoms with Crippen LogP contribution in [-0.4, -0.2) is 84.4 Å². The molecule has 0 radical (unpaired) electrons. The Labute approximate surface area is 191 Å². The lowest BCUT2D eigenvalue weighted by atomic mass is 9.75. The minimum absolute atomic E-state index is 0.00547. The van der Waals surface area contributed by atoms with Gasteiger partial charge in [0.15, 0.2) is 11.5 Å². The van der Waals surface area contributed by atoms with Gasteiger partial charge < -0.3 is 36.5 Å². The van der Waals surface area contributed by atoms with Gasteiger partial charge in [0.2, 0.25) is 11.9 Å². The molecule has 2 saturated heterocycles. The first-order chi connectivity index (χ1) is 15.2. The number of thioether (sulfide) groups is 1. The van der Waals surface area contributed by atoms with Crippen molar-refractivity contribution in [1.82, 2.24) is 24.4 Å². The number of hydrogen-bond acceptors (Lipinski definition) is 10. The lowest BCUT2D eigenvalue weighted by Gasteiger charge is -2.51. The predicted octanol–water partition coefficient (Wildman–Crippen LogP) is 0.145. The summed E-state index contributed by atoms with van der Waals surface area (Å²) in [7, 11) is 0. The molecule has 2 aliphatic rings. The highest BCUT2D eigenvalue weighted by molar-refractivity contribution is 7.98. The Morgan fingerprint density at radius 3 is 2.75 bits per heavy atom. The number of anilines is 2. The first-order valence-electron chi connectivity index (χ1n) is 10.8. The number of hydrogen-bond donors (Lipinski definition) is 4. The smallest absolute Gasteiger partial charge is 0.239 e. The van der Waals surface area contributed by atoms with E-state index in [9.17, 15) is 9.90 Å². The number of nitrogens with two attached hydrogens (primary N) is 3. The normalized spacial score (nSPS) is 26.5. The first-order valence-corrected chi connectivity index (χ1v) is 12.2. The number of fused-ring (bicyclic) bond motifs is 1. The molecule has 176 valence electrons. The van der Waals surface area contributed by atoms with Crippen molar-refractivity contribution in [1.29, 1.82) is 0 Å². The van der Waals surface area contributed by atoms with Crippen LogP contribution >= 0.6 is 11.8 Å². The number of nitrogens with zero attached hydrogens (tertiary/aromatic N) is 5. The van der Waals surface area contributed by atoms with Crippen molar-refractivity contribution < 1.29 is 14.6 Å². The van der Waals surface area contributed by atoms with Crippen LogP contribution in [0.2, 0.25) is 0 Å². The summed E-state index contributed by atoms with van der Waals surface area (Å²) < 4.78 is 8.12. The molecule has 4 heterocycles. The lowest BCUT2D eigenvalue weighted by molar-refractivity contribution is -0.197. The average molecular weight is 465 g/mol. The summed E-state index contributed by atoms with van der Waals surface area (Å²) in [5, 5.41) is 11.4. The fraction of sp³-hybridized carbons (Fsp3) is 0.700. The van der Waals surface area contributed by atoms with Crippen LogP contribution < -0.4 is 17.2 Å². The molecule has 3 atom stereocenters. The molecule has 2 fully saturated rings. The fourth-order valence-electron chi connectivity index (χ4n) is 4.88. The van der Waals surface area contributed by atoms with E-state index in [1.807, 2.05) is 11.2 Å². The summed E-state index contributed by atoms with van der Waals surface area (Å²) in [6, 6.07) is -0.876. The molecule has 12 heteroatoms. The van der Waals surface area contributed by atoms with Crippen LogP contribution in [0.5, 0.6) is 0 Å². The van der Waals surface area contributed by atoms with E-state index in [0.29, 0.717) is 49.9 Å². The first kappa shape index (κ1) is 23.0. The van der Waals surface area contributed by atoms with Crippen LogP contribution in [0.3, 0.4) is 0 Å². The van der Waals surface area contributed by atoms with Gasteiger partial charge in [0.1, 0.15) is 5.52 Å². The van der Waals surface area contributed by atoms with Gasteiger partial charge in [-0.3, -0.25) is 4.79 Å². The second kappa shape index (κ2) is 8.65. The van der Waals surface area contributed by atoms with Crippen molar-refractivity contribution in [3.05, 3.63) is 6.33 Å². The Morgan fingerprint density at radius 2 is 2.09 bits per heavy atom. The van der Waals surface area contributed by atoms with Crippen LogP contribution in [0.25, 0.3) is 11.2 Å². The minimum Gasteiger partial charge on any atom is -0.388 e. The van der Waals surface area contributed by atoms with Crippen molar-refractivity contribution in [3.63, 3.8) is 0 Å². The molecule has 4 rings (SSSR count). The Balaban J connectivity index is 1.46. The summed E-state index contributed by atoms with van der Waals surface area (Å²) >= 11 is 1.69.